The smallest absolute Gasteiger partial charge is 0.652 e. The van der Waals surface area contributed by atoms with Crippen LogP contribution in [0.3, 0.4) is 0 Å². The summed E-state index contributed by atoms with van der Waals surface area (Å²) < 4.78 is 5.07. The second kappa shape index (κ2) is 18.2. The van der Waals surface area contributed by atoms with Gasteiger partial charge < -0.3 is 30.0 Å². The van der Waals surface area contributed by atoms with Gasteiger partial charge in [-0.2, -0.15) is 0 Å². The number of aliphatic hydroxyl groups is 1. The van der Waals surface area contributed by atoms with Crippen LogP contribution in [0, 0.1) is 5.92 Å². The summed E-state index contributed by atoms with van der Waals surface area (Å²) in [5.41, 5.74) is 3.52. The average Bonchev–Trinajstić information content (AvgIpc) is 3.17. The van der Waals surface area contributed by atoms with Crippen LogP contribution in [0.5, 0.6) is 5.88 Å². The molecule has 2 N–H and O–H groups in total. The molecule has 3 aromatic rings. The van der Waals surface area contributed by atoms with E-state index < -0.39 is 36.0 Å². The quantitative estimate of drug-likeness (QED) is 0.166. The minimum atomic E-state index is -2.33. The Morgan fingerprint density at radius 1 is 0.902 bits per heavy atom. The number of hydrogen-bond acceptors (Lipinski definition) is 9. The number of fused-ring (bicyclic) bond motifs is 1. The first-order valence-corrected chi connectivity index (χ1v) is 12.0. The van der Waals surface area contributed by atoms with E-state index in [1.165, 1.54) is 0 Å². The molecule has 0 aliphatic carbocycles. The summed E-state index contributed by atoms with van der Waals surface area (Å²) >= 11 is 0. The molecule has 2 amide bonds. The molecule has 4 rings (SSSR count). The predicted octanol–water partition coefficient (Wildman–Crippen LogP) is -5.00. The standard InChI is InChI=1S/C27H26N2O6.CH2O3.2K/c1-35-24-13-11-19(16-28-24)18-9-6-17(7-10-18)8-12-23(30)22(27(33)34)14-15-29-25(31)20-4-2-3-5-21(20)26(29)32;2-1(3)4;;/h2-7,9-11,13,16,22-23,30H,8,12,14-15H2,1H3,(H,33,34);(H2,2,3,4);;/q;;2*+1/p-2/t22-,23+;;;/m0.../s1. The first-order chi connectivity index (χ1) is 18.6. The molecule has 1 aliphatic rings. The van der Waals surface area contributed by atoms with Crippen LogP contribution >= 0.6 is 0 Å². The van der Waals surface area contributed by atoms with Crippen molar-refractivity contribution in [3.8, 4) is 17.0 Å². The van der Waals surface area contributed by atoms with Gasteiger partial charge in [0.25, 0.3) is 11.8 Å². The topological polar surface area (TPSA) is 180 Å². The Hall–Kier alpha value is -1.50. The van der Waals surface area contributed by atoms with Crippen LogP contribution in [0.4, 0.5) is 4.79 Å². The van der Waals surface area contributed by atoms with Crippen LogP contribution < -0.4 is 118 Å². The van der Waals surface area contributed by atoms with Gasteiger partial charge in [-0.25, -0.2) is 4.98 Å². The summed E-state index contributed by atoms with van der Waals surface area (Å²) in [5, 5.41) is 36.9. The number of amides is 2. The fourth-order valence-corrected chi connectivity index (χ4v) is 4.24. The van der Waals surface area contributed by atoms with Crippen LogP contribution in [0.2, 0.25) is 0 Å². The van der Waals surface area contributed by atoms with E-state index in [9.17, 15) is 24.6 Å². The number of carbonyl (C=O) groups excluding carboxylic acids is 3. The van der Waals surface area contributed by atoms with Gasteiger partial charge >= 0.3 is 109 Å². The van der Waals surface area contributed by atoms with Crippen LogP contribution in [-0.4, -0.2) is 63.8 Å². The maximum Gasteiger partial charge on any atom is 1.00 e. The zero-order valence-electron chi connectivity index (χ0n) is 23.0. The van der Waals surface area contributed by atoms with Gasteiger partial charge in [0, 0.05) is 24.4 Å². The number of hydrogen-bond donors (Lipinski definition) is 2. The van der Waals surface area contributed by atoms with Crippen LogP contribution in [0.1, 0.15) is 39.1 Å². The first kappa shape index (κ1) is 37.5. The third-order valence-electron chi connectivity index (χ3n) is 6.29. The number of nitrogens with zero attached hydrogens (tertiary/aromatic N) is 2. The van der Waals surface area contributed by atoms with Crippen molar-refractivity contribution in [1.29, 1.82) is 0 Å². The van der Waals surface area contributed by atoms with E-state index >= 15 is 0 Å². The van der Waals surface area contributed by atoms with Gasteiger partial charge in [-0.3, -0.25) is 19.3 Å². The van der Waals surface area contributed by atoms with Crippen molar-refractivity contribution in [2.75, 3.05) is 13.7 Å². The van der Waals surface area contributed by atoms with Gasteiger partial charge in [0.15, 0.2) is 0 Å². The van der Waals surface area contributed by atoms with Crippen molar-refractivity contribution >= 4 is 23.9 Å². The predicted molar refractivity (Wildman–Crippen MR) is 134 cm³/mol. The SMILES string of the molecule is COc1ccc(-c2ccc(CC[C@@H](O)[C@H](CCN3C(=O)c4ccccc4C3=O)C(=O)O)cc2)cn1.O=C([O-])[O-].[K+].[K+]. The molecule has 1 aliphatic heterocycles. The van der Waals surface area contributed by atoms with Gasteiger partial charge in [-0.1, -0.05) is 36.4 Å². The van der Waals surface area contributed by atoms with Gasteiger partial charge in [-0.15, -0.1) is 0 Å². The molecule has 41 heavy (non-hydrogen) atoms. The van der Waals surface area contributed by atoms with Crippen LogP contribution in [0.25, 0.3) is 11.1 Å². The number of methoxy groups -OCH3 is 1. The molecule has 0 saturated carbocycles. The summed E-state index contributed by atoms with van der Waals surface area (Å²) in [7, 11) is 1.56. The molecule has 13 heteroatoms. The maximum atomic E-state index is 12.5. The molecular weight excluding hydrogens is 587 g/mol. The normalized spacial score (nSPS) is 13.0. The summed E-state index contributed by atoms with van der Waals surface area (Å²) in [4.78, 5) is 50.4. The second-order valence-electron chi connectivity index (χ2n) is 8.68. The van der Waals surface area contributed by atoms with Crippen molar-refractivity contribution in [3.05, 3.63) is 83.6 Å². The number of aliphatic hydroxyl groups excluding tert-OH is 1. The molecule has 1 aromatic heterocycles. The Labute approximate surface area is 321 Å². The second-order valence-corrected chi connectivity index (χ2v) is 8.68. The third-order valence-corrected chi connectivity index (χ3v) is 6.29. The minimum absolute atomic E-state index is 0. The number of rotatable bonds is 10. The maximum absolute atomic E-state index is 12.5. The number of imide groups is 1. The molecule has 2 atom stereocenters. The van der Waals surface area contributed by atoms with E-state index in [1.54, 1.807) is 43.6 Å². The molecule has 11 nitrogen and oxygen atoms in total. The molecule has 204 valence electrons. The molecule has 0 saturated heterocycles. The van der Waals surface area contributed by atoms with Crippen molar-refractivity contribution in [3.63, 3.8) is 0 Å². The van der Waals surface area contributed by atoms with E-state index in [4.69, 9.17) is 19.7 Å². The molecule has 0 spiro atoms. The van der Waals surface area contributed by atoms with Crippen LogP contribution in [0.15, 0.2) is 66.9 Å². The number of carboxylic acids is 1. The Kier molecular flexibility index (Phi) is 16.7. The van der Waals surface area contributed by atoms with Crippen molar-refractivity contribution in [2.24, 2.45) is 5.92 Å². The number of aromatic nitrogens is 1. The third kappa shape index (κ3) is 10.6. The van der Waals surface area contributed by atoms with E-state index in [0.717, 1.165) is 21.6 Å². The van der Waals surface area contributed by atoms with Gasteiger partial charge in [0.2, 0.25) is 5.88 Å². The first-order valence-electron chi connectivity index (χ1n) is 12.0. The Balaban J connectivity index is 0.00000131. The van der Waals surface area contributed by atoms with Gasteiger partial charge in [0.05, 0.1) is 30.3 Å². The monoisotopic (exact) mass is 612 g/mol. The van der Waals surface area contributed by atoms with Gasteiger partial charge in [0.1, 0.15) is 0 Å². The van der Waals surface area contributed by atoms with E-state index in [1.807, 2.05) is 30.3 Å². The average molecular weight is 613 g/mol. The summed E-state index contributed by atoms with van der Waals surface area (Å²) in [5.74, 6) is -2.58. The van der Waals surface area contributed by atoms with Crippen LogP contribution in [-0.2, 0) is 11.2 Å². The fourth-order valence-electron chi connectivity index (χ4n) is 4.24. The molecule has 0 radical (unpaired) electrons. The largest absolute Gasteiger partial charge is 1.00 e. The minimum Gasteiger partial charge on any atom is -0.652 e. The number of carboxylic acid groups (broad SMARTS) is 3. The number of pyridine rings is 1. The van der Waals surface area contributed by atoms with Crippen molar-refractivity contribution < 1.29 is 147 Å². The molecule has 0 unspecified atom stereocenters. The number of aliphatic carboxylic acids is 1. The molecule has 2 aromatic carbocycles. The van der Waals surface area contributed by atoms with Crippen molar-refractivity contribution in [2.45, 2.75) is 25.4 Å². The van der Waals surface area contributed by atoms with Gasteiger partial charge in [-0.05, 0) is 54.7 Å². The van der Waals surface area contributed by atoms with E-state index in [-0.39, 0.29) is 122 Å². The summed E-state index contributed by atoms with van der Waals surface area (Å²) in [6.45, 7) is -0.0645. The fraction of sp³-hybridized carbons (Fsp3) is 0.250. The Morgan fingerprint density at radius 2 is 1.44 bits per heavy atom. The number of benzene rings is 2. The number of aryl methyl sites for hydroxylation is 1. The zero-order chi connectivity index (χ0) is 28.5. The summed E-state index contributed by atoms with van der Waals surface area (Å²) in [6.07, 6.45) is -1.02. The molecule has 0 fully saturated rings. The molecule has 0 bridgehead atoms. The summed E-state index contributed by atoms with van der Waals surface area (Å²) in [6, 6.07) is 18.0. The zero-order valence-corrected chi connectivity index (χ0v) is 29.2. The Bertz CT molecular complexity index is 1300. The number of carbonyl (C=O) groups is 4. The van der Waals surface area contributed by atoms with E-state index in [2.05, 4.69) is 4.98 Å². The number of ether oxygens (including phenoxy) is 1. The van der Waals surface area contributed by atoms with Crippen molar-refractivity contribution in [1.82, 2.24) is 9.88 Å². The molecular formula is C28H26K2N2O9. The molecule has 2 heterocycles. The van der Waals surface area contributed by atoms with E-state index in [0.29, 0.717) is 23.4 Å². The Morgan fingerprint density at radius 3 is 1.90 bits per heavy atom.